The summed E-state index contributed by atoms with van der Waals surface area (Å²) < 4.78 is 63.0. The van der Waals surface area contributed by atoms with Gasteiger partial charge in [0, 0.05) is 0 Å². The van der Waals surface area contributed by atoms with Crippen molar-refractivity contribution in [1.82, 2.24) is 0 Å². The highest BCUT2D eigenvalue weighted by atomic mass is 35.5. The quantitative estimate of drug-likeness (QED) is 0.175. The Kier molecular flexibility index (Phi) is 11.7. The summed E-state index contributed by atoms with van der Waals surface area (Å²) in [6.07, 6.45) is -4.59. The van der Waals surface area contributed by atoms with Crippen molar-refractivity contribution in [2.24, 2.45) is 0 Å². The van der Waals surface area contributed by atoms with Crippen molar-refractivity contribution in [2.45, 2.75) is 6.18 Å². The Morgan fingerprint density at radius 3 is 1.34 bits per heavy atom. The van der Waals surface area contributed by atoms with Gasteiger partial charge in [-0.1, -0.05) is 66.2 Å². The van der Waals surface area contributed by atoms with E-state index in [-0.39, 0.29) is 0 Å². The smallest absolute Gasteiger partial charge is 0.430 e. The Bertz CT molecular complexity index is 1020. The fourth-order valence-corrected chi connectivity index (χ4v) is 7.76. The van der Waals surface area contributed by atoms with Crippen LogP contribution in [0.2, 0.25) is 0 Å². The van der Waals surface area contributed by atoms with Crippen molar-refractivity contribution < 1.29 is 40.9 Å². The summed E-state index contributed by atoms with van der Waals surface area (Å²) in [4.78, 5) is 9.99. The lowest BCUT2D eigenvalue weighted by Gasteiger charge is -2.24. The predicted octanol–water partition coefficient (Wildman–Crippen LogP) is 6.28. The molecule has 14 heteroatoms. The van der Waals surface area contributed by atoms with E-state index in [4.69, 9.17) is 11.6 Å². The molecule has 0 aliphatic rings. The molecule has 0 unspecified atom stereocenters. The molecule has 0 radical (unpaired) electrons. The normalized spacial score (nSPS) is 12.6. The van der Waals surface area contributed by atoms with Gasteiger partial charge in [-0.25, -0.2) is 0 Å². The van der Waals surface area contributed by atoms with Crippen molar-refractivity contribution in [1.29, 1.82) is 0 Å². The molecule has 0 aliphatic heterocycles. The highest BCUT2D eigenvalue weighted by Crippen LogP contribution is 2.59. The third-order valence-electron chi connectivity index (χ3n) is 4.31. The summed E-state index contributed by atoms with van der Waals surface area (Å²) in [7, 11) is -7.37. The maximum absolute atomic E-state index is 13.3. The second kappa shape index (κ2) is 13.7. The fourth-order valence-electron chi connectivity index (χ4n) is 2.98. The largest absolute Gasteiger partial charge is 0.753 e. The van der Waals surface area contributed by atoms with Crippen LogP contribution < -0.4 is 20.8 Å². The third-order valence-corrected chi connectivity index (χ3v) is 9.58. The van der Waals surface area contributed by atoms with Gasteiger partial charge in [0.1, 0.15) is 46.9 Å². The van der Waals surface area contributed by atoms with Gasteiger partial charge in [0.05, 0.1) is 5.82 Å². The van der Waals surface area contributed by atoms with Gasteiger partial charge in [-0.2, -0.15) is 13.2 Å². The number of alkyl halides is 3. The van der Waals surface area contributed by atoms with E-state index in [1.165, 1.54) is 5.82 Å². The molecule has 35 heavy (non-hydrogen) atoms. The standard InChI is InChI=1S/C21H16ClF3P.Cl2HO6P/c22-20(21(23,24)25)16-26(17-10-4-1-5-11-17,18-12-6-2-7-13-18)19-14-8-3-9-15-19;1-5-7-9(3,4)8-6-2/h1-16H;(H,3,4)/q+1;/p-1. The zero-order valence-corrected chi connectivity index (χ0v) is 21.4. The molecule has 0 amide bonds. The predicted molar refractivity (Wildman–Crippen MR) is 129 cm³/mol. The molecular formula is C21H16Cl3F3O6P2. The van der Waals surface area contributed by atoms with E-state index in [9.17, 15) is 22.6 Å². The van der Waals surface area contributed by atoms with E-state index in [1.807, 2.05) is 91.0 Å². The second-order valence-electron chi connectivity index (χ2n) is 6.43. The summed E-state index contributed by atoms with van der Waals surface area (Å²) in [5.41, 5.74) is 0. The summed E-state index contributed by atoms with van der Waals surface area (Å²) >= 11 is 14.5. The molecule has 0 N–H and O–H groups in total. The van der Waals surface area contributed by atoms with Crippen LogP contribution in [-0.4, -0.2) is 6.18 Å². The van der Waals surface area contributed by atoms with E-state index in [1.54, 1.807) is 0 Å². The van der Waals surface area contributed by atoms with Crippen LogP contribution in [0.3, 0.4) is 0 Å². The molecule has 0 aliphatic carbocycles. The minimum Gasteiger partial charge on any atom is -0.753 e. The van der Waals surface area contributed by atoms with Crippen LogP contribution in [0, 0.1) is 0 Å². The summed E-state index contributed by atoms with van der Waals surface area (Å²) in [6.45, 7) is 0. The van der Waals surface area contributed by atoms with E-state index < -0.39 is 26.3 Å². The van der Waals surface area contributed by atoms with E-state index in [0.717, 1.165) is 15.9 Å². The minimum atomic E-state index is -4.65. The van der Waals surface area contributed by atoms with Gasteiger partial charge in [-0.15, -0.1) is 18.2 Å². The molecule has 6 nitrogen and oxygen atoms in total. The van der Waals surface area contributed by atoms with Crippen LogP contribution in [0.25, 0.3) is 0 Å². The molecule has 0 aromatic heterocycles. The average Bonchev–Trinajstić information content (AvgIpc) is 2.84. The first-order valence-corrected chi connectivity index (χ1v) is 13.6. The molecule has 0 saturated heterocycles. The summed E-state index contributed by atoms with van der Waals surface area (Å²) in [5.74, 6) is 1.22. The van der Waals surface area contributed by atoms with Gasteiger partial charge in [-0.05, 0) is 36.4 Å². The molecule has 0 spiro atoms. The average molecular weight is 590 g/mol. The maximum Gasteiger partial charge on any atom is 0.430 e. The Morgan fingerprint density at radius 2 is 1.09 bits per heavy atom. The lowest BCUT2D eigenvalue weighted by molar-refractivity contribution is -0.306. The number of phosphoric acid groups is 1. The molecule has 188 valence electrons. The second-order valence-corrected chi connectivity index (χ2v) is 11.5. The van der Waals surface area contributed by atoms with Gasteiger partial charge >= 0.3 is 14.0 Å². The number of rotatable bonds is 8. The van der Waals surface area contributed by atoms with Crippen LogP contribution in [0.5, 0.6) is 0 Å². The lowest BCUT2D eigenvalue weighted by Crippen LogP contribution is -2.30. The highest BCUT2D eigenvalue weighted by Gasteiger charge is 2.47. The Hall–Kier alpha value is -1.48. The van der Waals surface area contributed by atoms with Crippen LogP contribution in [0.4, 0.5) is 13.2 Å². The van der Waals surface area contributed by atoms with Crippen LogP contribution in [0.15, 0.2) is 102 Å². The van der Waals surface area contributed by atoms with Crippen molar-refractivity contribution >= 4 is 66.3 Å². The molecule has 0 heterocycles. The number of halogens is 6. The third kappa shape index (κ3) is 8.55. The maximum atomic E-state index is 13.3. The molecule has 0 saturated carbocycles. The first-order valence-electron chi connectivity index (χ1n) is 9.33. The van der Waals surface area contributed by atoms with Gasteiger partial charge < -0.3 is 4.89 Å². The number of hydrogen-bond donors (Lipinski definition) is 0. The van der Waals surface area contributed by atoms with Crippen molar-refractivity contribution in [2.75, 3.05) is 0 Å². The zero-order valence-electron chi connectivity index (χ0n) is 17.3. The fraction of sp³-hybridized carbons (Fsp3) is 0.0476. The number of hydrogen-bond acceptors (Lipinski definition) is 6. The summed E-state index contributed by atoms with van der Waals surface area (Å²) in [5, 5.41) is 1.36. The zero-order chi connectivity index (χ0) is 26.0. The number of allylic oxidation sites excluding steroid dienone is 1. The van der Waals surface area contributed by atoms with Gasteiger partial charge in [0.25, 0.3) is 0 Å². The minimum absolute atomic E-state index is 0.819. The molecule has 3 aromatic carbocycles. The first kappa shape index (κ1) is 29.7. The monoisotopic (exact) mass is 588 g/mol. The molecule has 0 fully saturated rings. The summed E-state index contributed by atoms with van der Waals surface area (Å²) in [6, 6.07) is 27.8. The Morgan fingerprint density at radius 1 is 0.771 bits per heavy atom. The molecule has 0 bridgehead atoms. The highest BCUT2D eigenvalue weighted by molar-refractivity contribution is 7.98. The molecule has 0 atom stereocenters. The van der Waals surface area contributed by atoms with E-state index in [2.05, 4.69) is 42.0 Å². The first-order chi connectivity index (χ1) is 16.6. The molecule has 3 aromatic rings. The topological polar surface area (TPSA) is 77.1 Å². The Labute approximate surface area is 214 Å². The van der Waals surface area contributed by atoms with E-state index in [0.29, 0.717) is 0 Å². The van der Waals surface area contributed by atoms with Crippen molar-refractivity contribution in [3.8, 4) is 0 Å². The van der Waals surface area contributed by atoms with Gasteiger partial charge in [-0.3, -0.25) is 4.57 Å². The lowest BCUT2D eigenvalue weighted by atomic mass is 10.4. The molecular weight excluding hydrogens is 574 g/mol. The van der Waals surface area contributed by atoms with Crippen molar-refractivity contribution in [3.05, 3.63) is 102 Å². The Balaban J connectivity index is 0.000000410. The van der Waals surface area contributed by atoms with E-state index >= 15 is 0 Å². The van der Waals surface area contributed by atoms with Crippen LogP contribution in [-0.2, 0) is 22.8 Å². The van der Waals surface area contributed by atoms with Crippen molar-refractivity contribution in [3.63, 3.8) is 0 Å². The van der Waals surface area contributed by atoms with Gasteiger partial charge in [0.15, 0.2) is 5.03 Å². The van der Waals surface area contributed by atoms with Gasteiger partial charge in [0.2, 0.25) is 0 Å². The van der Waals surface area contributed by atoms with Crippen LogP contribution in [0.1, 0.15) is 0 Å². The SMILES string of the molecule is FC(F)(F)C(Cl)=C[P+](c1ccccc1)(c1ccccc1)c1ccccc1.O=P([O-])(OOCl)OOCl. The van der Waals surface area contributed by atoms with Crippen LogP contribution >= 0.6 is 50.4 Å². The molecule has 3 rings (SSSR count). The number of benzene rings is 3.